The average molecular weight is 326 g/mol. The predicted molar refractivity (Wildman–Crippen MR) is 95.0 cm³/mol. The first kappa shape index (κ1) is 16.7. The van der Waals surface area contributed by atoms with Gasteiger partial charge in [-0.2, -0.15) is 0 Å². The molecule has 128 valence electrons. The van der Waals surface area contributed by atoms with Crippen molar-refractivity contribution in [1.82, 2.24) is 9.80 Å². The lowest BCUT2D eigenvalue weighted by molar-refractivity contribution is -0.135. The molecule has 0 N–H and O–H groups in total. The quantitative estimate of drug-likeness (QED) is 0.849. The van der Waals surface area contributed by atoms with Gasteiger partial charge in [-0.05, 0) is 30.0 Å². The van der Waals surface area contributed by atoms with Gasteiger partial charge in [-0.3, -0.25) is 9.59 Å². The smallest absolute Gasteiger partial charge is 0.225 e. The van der Waals surface area contributed by atoms with Crippen LogP contribution in [0.3, 0.4) is 0 Å². The van der Waals surface area contributed by atoms with E-state index < -0.39 is 0 Å². The van der Waals surface area contributed by atoms with Crippen LogP contribution in [-0.4, -0.2) is 34.7 Å². The van der Waals surface area contributed by atoms with Gasteiger partial charge in [0, 0.05) is 26.2 Å². The molecular formula is C20H26N2O2. The van der Waals surface area contributed by atoms with Crippen LogP contribution < -0.4 is 0 Å². The summed E-state index contributed by atoms with van der Waals surface area (Å²) in [5, 5.41) is 0. The Labute approximate surface area is 144 Å². The third-order valence-corrected chi connectivity index (χ3v) is 5.35. The van der Waals surface area contributed by atoms with Gasteiger partial charge in [0.1, 0.15) is 0 Å². The minimum Gasteiger partial charge on any atom is -0.343 e. The average Bonchev–Trinajstić information content (AvgIpc) is 2.61. The van der Waals surface area contributed by atoms with Crippen molar-refractivity contribution in [1.29, 1.82) is 0 Å². The van der Waals surface area contributed by atoms with Gasteiger partial charge >= 0.3 is 0 Å². The molecule has 1 unspecified atom stereocenters. The Morgan fingerprint density at radius 1 is 1.17 bits per heavy atom. The summed E-state index contributed by atoms with van der Waals surface area (Å²) in [7, 11) is 1.92. The standard InChI is InChI=1S/C20H26N2O2/c1-15(23)22-13-12-16-8-6-7-11-18(16)19(22)14-20(24)21(2)17-9-4-3-5-10-17/h6-8,11-13,17,19H,3-5,9-10,14H2,1-2H3. The third kappa shape index (κ3) is 3.37. The lowest BCUT2D eigenvalue weighted by atomic mass is 9.91. The lowest BCUT2D eigenvalue weighted by Crippen LogP contribution is -2.41. The molecule has 2 amide bonds. The van der Waals surface area contributed by atoms with Crippen molar-refractivity contribution in [2.24, 2.45) is 0 Å². The molecule has 1 fully saturated rings. The molecule has 1 heterocycles. The second-order valence-electron chi connectivity index (χ2n) is 6.89. The molecule has 1 aromatic carbocycles. The Bertz CT molecular complexity index is 647. The summed E-state index contributed by atoms with van der Waals surface area (Å²) in [6.45, 7) is 1.56. The second kappa shape index (κ2) is 7.20. The molecule has 0 spiro atoms. The largest absolute Gasteiger partial charge is 0.343 e. The summed E-state index contributed by atoms with van der Waals surface area (Å²) in [5.41, 5.74) is 2.15. The van der Waals surface area contributed by atoms with Gasteiger partial charge in [0.15, 0.2) is 0 Å². The zero-order chi connectivity index (χ0) is 17.1. The van der Waals surface area contributed by atoms with Crippen molar-refractivity contribution in [3.05, 3.63) is 41.6 Å². The van der Waals surface area contributed by atoms with Gasteiger partial charge in [-0.15, -0.1) is 0 Å². The molecule has 24 heavy (non-hydrogen) atoms. The molecule has 1 aliphatic carbocycles. The Morgan fingerprint density at radius 2 is 1.88 bits per heavy atom. The number of fused-ring (bicyclic) bond motifs is 1. The molecule has 0 bridgehead atoms. The zero-order valence-electron chi connectivity index (χ0n) is 14.6. The molecule has 2 aliphatic rings. The normalized spacial score (nSPS) is 20.6. The van der Waals surface area contributed by atoms with Crippen LogP contribution in [0, 0.1) is 0 Å². The van der Waals surface area contributed by atoms with Crippen LogP contribution in [-0.2, 0) is 9.59 Å². The number of carbonyl (C=O) groups is 2. The van der Waals surface area contributed by atoms with Crippen LogP contribution >= 0.6 is 0 Å². The number of amides is 2. The molecule has 1 aromatic rings. The van der Waals surface area contributed by atoms with E-state index in [4.69, 9.17) is 0 Å². The Balaban J connectivity index is 1.79. The van der Waals surface area contributed by atoms with E-state index >= 15 is 0 Å². The molecule has 4 nitrogen and oxygen atoms in total. The molecule has 4 heteroatoms. The van der Waals surface area contributed by atoms with Crippen LogP contribution in [0.1, 0.15) is 62.6 Å². The summed E-state index contributed by atoms with van der Waals surface area (Å²) in [6, 6.07) is 8.16. The maximum absolute atomic E-state index is 12.9. The van der Waals surface area contributed by atoms with Crippen LogP contribution in [0.15, 0.2) is 30.5 Å². The van der Waals surface area contributed by atoms with Crippen molar-refractivity contribution in [3.63, 3.8) is 0 Å². The molecule has 0 aromatic heterocycles. The predicted octanol–water partition coefficient (Wildman–Crippen LogP) is 3.74. The van der Waals surface area contributed by atoms with Crippen molar-refractivity contribution >= 4 is 17.9 Å². The maximum atomic E-state index is 12.9. The molecule has 0 radical (unpaired) electrons. The summed E-state index contributed by atoms with van der Waals surface area (Å²) >= 11 is 0. The topological polar surface area (TPSA) is 40.6 Å². The van der Waals surface area contributed by atoms with Crippen molar-refractivity contribution in [2.75, 3.05) is 7.05 Å². The Hall–Kier alpha value is -2.10. The minimum absolute atomic E-state index is 0.0288. The van der Waals surface area contributed by atoms with Crippen LogP contribution in [0.4, 0.5) is 0 Å². The van der Waals surface area contributed by atoms with E-state index in [1.165, 1.54) is 19.3 Å². The fourth-order valence-electron chi connectivity index (χ4n) is 3.89. The first-order valence-electron chi connectivity index (χ1n) is 8.89. The molecule has 1 aliphatic heterocycles. The van der Waals surface area contributed by atoms with Gasteiger partial charge in [0.2, 0.25) is 11.8 Å². The minimum atomic E-state index is -0.206. The van der Waals surface area contributed by atoms with Gasteiger partial charge in [-0.1, -0.05) is 43.5 Å². The van der Waals surface area contributed by atoms with Crippen molar-refractivity contribution in [3.8, 4) is 0 Å². The van der Waals surface area contributed by atoms with Crippen LogP contribution in [0.25, 0.3) is 6.08 Å². The summed E-state index contributed by atoms with van der Waals surface area (Å²) in [4.78, 5) is 28.5. The first-order valence-corrected chi connectivity index (χ1v) is 8.89. The molecule has 3 rings (SSSR count). The van der Waals surface area contributed by atoms with E-state index in [0.717, 1.165) is 24.0 Å². The van der Waals surface area contributed by atoms with Crippen LogP contribution in [0.5, 0.6) is 0 Å². The fourth-order valence-corrected chi connectivity index (χ4v) is 3.89. The summed E-state index contributed by atoms with van der Waals surface area (Å²) in [6.07, 6.45) is 9.98. The molecular weight excluding hydrogens is 300 g/mol. The number of hydrogen-bond donors (Lipinski definition) is 0. The highest BCUT2D eigenvalue weighted by Gasteiger charge is 2.31. The van der Waals surface area contributed by atoms with Crippen molar-refractivity contribution in [2.45, 2.75) is 57.5 Å². The third-order valence-electron chi connectivity index (χ3n) is 5.35. The lowest BCUT2D eigenvalue weighted by Gasteiger charge is -2.36. The van der Waals surface area contributed by atoms with Gasteiger partial charge in [-0.25, -0.2) is 0 Å². The van der Waals surface area contributed by atoms with E-state index in [1.54, 1.807) is 11.8 Å². The van der Waals surface area contributed by atoms with Crippen molar-refractivity contribution < 1.29 is 9.59 Å². The monoisotopic (exact) mass is 326 g/mol. The molecule has 1 atom stereocenters. The highest BCUT2D eigenvalue weighted by molar-refractivity contribution is 5.82. The zero-order valence-corrected chi connectivity index (χ0v) is 14.6. The highest BCUT2D eigenvalue weighted by atomic mass is 16.2. The second-order valence-corrected chi connectivity index (χ2v) is 6.89. The number of rotatable bonds is 3. The van der Waals surface area contributed by atoms with E-state index in [1.807, 2.05) is 48.5 Å². The Morgan fingerprint density at radius 3 is 2.58 bits per heavy atom. The first-order chi connectivity index (χ1) is 11.6. The number of benzene rings is 1. The molecule has 0 saturated heterocycles. The number of hydrogen-bond acceptors (Lipinski definition) is 2. The van der Waals surface area contributed by atoms with Gasteiger partial charge < -0.3 is 9.80 Å². The van der Waals surface area contributed by atoms with Gasteiger partial charge in [0.25, 0.3) is 0 Å². The SMILES string of the molecule is CC(=O)N1C=Cc2ccccc2C1CC(=O)N(C)C1CCCCC1. The van der Waals surface area contributed by atoms with E-state index in [-0.39, 0.29) is 17.9 Å². The van der Waals surface area contributed by atoms with E-state index in [2.05, 4.69) is 0 Å². The van der Waals surface area contributed by atoms with E-state index in [0.29, 0.717) is 12.5 Å². The summed E-state index contributed by atoms with van der Waals surface area (Å²) < 4.78 is 0. The number of carbonyl (C=O) groups excluding carboxylic acids is 2. The number of nitrogens with zero attached hydrogens (tertiary/aromatic N) is 2. The van der Waals surface area contributed by atoms with E-state index in [9.17, 15) is 9.59 Å². The Kier molecular flexibility index (Phi) is 5.03. The highest BCUT2D eigenvalue weighted by Crippen LogP contribution is 2.34. The van der Waals surface area contributed by atoms with Gasteiger partial charge in [0.05, 0.1) is 12.5 Å². The maximum Gasteiger partial charge on any atom is 0.225 e. The fraction of sp³-hybridized carbons (Fsp3) is 0.500. The molecule has 1 saturated carbocycles. The summed E-state index contributed by atoms with van der Waals surface area (Å²) in [5.74, 6) is 0.0992. The van der Waals surface area contributed by atoms with Crippen LogP contribution in [0.2, 0.25) is 0 Å².